The molecular formula is C23H26N4O3S2. The molecule has 0 bridgehead atoms. The molecule has 1 heterocycles. The van der Waals surface area contributed by atoms with Crippen molar-refractivity contribution in [2.45, 2.75) is 37.6 Å². The summed E-state index contributed by atoms with van der Waals surface area (Å²) in [6, 6.07) is 15.2. The molecule has 0 radical (unpaired) electrons. The zero-order valence-corrected chi connectivity index (χ0v) is 19.7. The number of amides is 2. The molecule has 0 spiro atoms. The summed E-state index contributed by atoms with van der Waals surface area (Å²) in [5, 5.41) is 13.9. The molecule has 2 aromatic carbocycles. The van der Waals surface area contributed by atoms with Crippen molar-refractivity contribution in [2.24, 2.45) is 0 Å². The molecule has 0 saturated carbocycles. The lowest BCUT2D eigenvalue weighted by Gasteiger charge is -2.07. The Hall–Kier alpha value is -2.91. The summed E-state index contributed by atoms with van der Waals surface area (Å²) in [5.74, 6) is 0.610. The second-order valence-electron chi connectivity index (χ2n) is 7.10. The normalized spacial score (nSPS) is 10.6. The Balaban J connectivity index is 1.40. The van der Waals surface area contributed by atoms with E-state index in [-0.39, 0.29) is 22.6 Å². The van der Waals surface area contributed by atoms with Crippen LogP contribution in [0.1, 0.15) is 40.7 Å². The van der Waals surface area contributed by atoms with E-state index in [0.717, 1.165) is 41.1 Å². The van der Waals surface area contributed by atoms with Crippen molar-refractivity contribution in [2.75, 3.05) is 17.7 Å². The van der Waals surface area contributed by atoms with Crippen molar-refractivity contribution in [3.63, 3.8) is 0 Å². The van der Waals surface area contributed by atoms with E-state index >= 15 is 0 Å². The summed E-state index contributed by atoms with van der Waals surface area (Å²) in [4.78, 5) is 24.5. The molecule has 1 aromatic heterocycles. The van der Waals surface area contributed by atoms with Crippen molar-refractivity contribution in [3.8, 4) is 5.75 Å². The monoisotopic (exact) mass is 470 g/mol. The number of anilines is 1. The van der Waals surface area contributed by atoms with Gasteiger partial charge in [0, 0.05) is 12.2 Å². The molecule has 0 aliphatic heterocycles. The first-order chi connectivity index (χ1) is 15.5. The third kappa shape index (κ3) is 7.65. The Labute approximate surface area is 196 Å². The quantitative estimate of drug-likeness (QED) is 0.312. The SMILES string of the molecule is CCCCOc1ccc(CNC(=O)CSc2nnc(C(=O)Nc3ccc(C)cc3)s2)cc1. The van der Waals surface area contributed by atoms with Gasteiger partial charge < -0.3 is 15.4 Å². The van der Waals surface area contributed by atoms with Crippen molar-refractivity contribution < 1.29 is 14.3 Å². The van der Waals surface area contributed by atoms with E-state index in [1.165, 1.54) is 11.8 Å². The smallest absolute Gasteiger partial charge is 0.286 e. The topological polar surface area (TPSA) is 93.2 Å². The van der Waals surface area contributed by atoms with Gasteiger partial charge in [0.2, 0.25) is 10.9 Å². The number of hydrogen-bond acceptors (Lipinski definition) is 7. The molecule has 2 N–H and O–H groups in total. The van der Waals surface area contributed by atoms with E-state index in [0.29, 0.717) is 23.2 Å². The van der Waals surface area contributed by atoms with E-state index in [1.54, 1.807) is 0 Å². The van der Waals surface area contributed by atoms with Gasteiger partial charge in [-0.2, -0.15) is 0 Å². The second-order valence-corrected chi connectivity index (χ2v) is 9.30. The molecule has 9 heteroatoms. The number of carbonyl (C=O) groups is 2. The molecule has 0 saturated heterocycles. The molecule has 168 valence electrons. The second kappa shape index (κ2) is 12.2. The fourth-order valence-corrected chi connectivity index (χ4v) is 4.18. The van der Waals surface area contributed by atoms with Crippen LogP contribution >= 0.6 is 23.1 Å². The van der Waals surface area contributed by atoms with E-state index < -0.39 is 0 Å². The largest absolute Gasteiger partial charge is 0.494 e. The van der Waals surface area contributed by atoms with Gasteiger partial charge in [0.05, 0.1) is 12.4 Å². The van der Waals surface area contributed by atoms with Gasteiger partial charge in [-0.05, 0) is 43.2 Å². The first-order valence-corrected chi connectivity index (χ1v) is 12.2. The van der Waals surface area contributed by atoms with Crippen molar-refractivity contribution in [1.29, 1.82) is 0 Å². The molecule has 0 aliphatic rings. The van der Waals surface area contributed by atoms with Gasteiger partial charge in [0.1, 0.15) is 5.75 Å². The predicted molar refractivity (Wildman–Crippen MR) is 128 cm³/mol. The maximum atomic E-state index is 12.3. The lowest BCUT2D eigenvalue weighted by molar-refractivity contribution is -0.118. The third-order valence-electron chi connectivity index (χ3n) is 4.42. The Kier molecular flexibility index (Phi) is 9.06. The number of hydrogen-bond donors (Lipinski definition) is 2. The minimum absolute atomic E-state index is 0.112. The van der Waals surface area contributed by atoms with Crippen LogP contribution in [0.2, 0.25) is 0 Å². The van der Waals surface area contributed by atoms with Crippen LogP contribution in [0, 0.1) is 6.92 Å². The van der Waals surface area contributed by atoms with Crippen molar-refractivity contribution >= 4 is 40.6 Å². The van der Waals surface area contributed by atoms with Gasteiger partial charge in [0.25, 0.3) is 5.91 Å². The highest BCUT2D eigenvalue weighted by atomic mass is 32.2. The number of benzene rings is 2. The number of thioether (sulfide) groups is 1. The summed E-state index contributed by atoms with van der Waals surface area (Å²) >= 11 is 2.42. The molecular weight excluding hydrogens is 444 g/mol. The number of carbonyl (C=O) groups excluding carboxylic acids is 2. The average Bonchev–Trinajstić information content (AvgIpc) is 3.28. The van der Waals surface area contributed by atoms with E-state index in [1.807, 2.05) is 55.5 Å². The highest BCUT2D eigenvalue weighted by Gasteiger charge is 2.14. The molecule has 0 unspecified atom stereocenters. The predicted octanol–water partition coefficient (Wildman–Crippen LogP) is 4.69. The van der Waals surface area contributed by atoms with Crippen molar-refractivity contribution in [3.05, 3.63) is 64.7 Å². The number of nitrogens with one attached hydrogen (secondary N) is 2. The number of aryl methyl sites for hydroxylation is 1. The summed E-state index contributed by atoms with van der Waals surface area (Å²) in [6.45, 7) is 5.26. The maximum absolute atomic E-state index is 12.3. The molecule has 7 nitrogen and oxygen atoms in total. The van der Waals surface area contributed by atoms with Crippen LogP contribution in [0.25, 0.3) is 0 Å². The summed E-state index contributed by atoms with van der Waals surface area (Å²) in [7, 11) is 0. The number of rotatable bonds is 11. The Morgan fingerprint density at radius 2 is 1.81 bits per heavy atom. The number of ether oxygens (including phenoxy) is 1. The maximum Gasteiger partial charge on any atom is 0.286 e. The van der Waals surface area contributed by atoms with Gasteiger partial charge >= 0.3 is 0 Å². The lowest BCUT2D eigenvalue weighted by Crippen LogP contribution is -2.24. The summed E-state index contributed by atoms with van der Waals surface area (Å²) < 4.78 is 6.21. The molecule has 0 atom stereocenters. The van der Waals surface area contributed by atoms with Crippen LogP contribution in [0.4, 0.5) is 5.69 Å². The van der Waals surface area contributed by atoms with Crippen LogP contribution in [0.5, 0.6) is 5.75 Å². The zero-order valence-electron chi connectivity index (χ0n) is 18.1. The molecule has 2 amide bonds. The van der Waals surface area contributed by atoms with Gasteiger partial charge in [0.15, 0.2) is 4.34 Å². The molecule has 0 aliphatic carbocycles. The molecule has 32 heavy (non-hydrogen) atoms. The first kappa shape index (κ1) is 23.7. The number of aromatic nitrogens is 2. The van der Waals surface area contributed by atoms with Crippen LogP contribution < -0.4 is 15.4 Å². The fraction of sp³-hybridized carbons (Fsp3) is 0.304. The van der Waals surface area contributed by atoms with E-state index in [9.17, 15) is 9.59 Å². The van der Waals surface area contributed by atoms with Crippen LogP contribution in [0.3, 0.4) is 0 Å². The number of unbranched alkanes of at least 4 members (excludes halogenated alkanes) is 1. The standard InChI is InChI=1S/C23H26N4O3S2/c1-3-4-13-30-19-11-7-17(8-12-19)14-24-20(28)15-31-23-27-26-22(32-23)21(29)25-18-9-5-16(2)6-10-18/h5-12H,3-4,13-15H2,1-2H3,(H,24,28)(H,25,29). The highest BCUT2D eigenvalue weighted by molar-refractivity contribution is 8.01. The Bertz CT molecular complexity index is 1020. The van der Waals surface area contributed by atoms with Gasteiger partial charge in [-0.25, -0.2) is 0 Å². The minimum atomic E-state index is -0.315. The Morgan fingerprint density at radius 3 is 2.53 bits per heavy atom. The third-order valence-corrected chi connectivity index (χ3v) is 6.47. The van der Waals surface area contributed by atoms with E-state index in [4.69, 9.17) is 4.74 Å². The lowest BCUT2D eigenvalue weighted by atomic mass is 10.2. The average molecular weight is 471 g/mol. The fourth-order valence-electron chi connectivity index (χ4n) is 2.60. The van der Waals surface area contributed by atoms with Crippen LogP contribution in [-0.4, -0.2) is 34.4 Å². The summed E-state index contributed by atoms with van der Waals surface area (Å²) in [6.07, 6.45) is 2.13. The van der Waals surface area contributed by atoms with Crippen molar-refractivity contribution in [1.82, 2.24) is 15.5 Å². The number of nitrogens with zero attached hydrogens (tertiary/aromatic N) is 2. The van der Waals surface area contributed by atoms with Crippen LogP contribution in [-0.2, 0) is 11.3 Å². The zero-order chi connectivity index (χ0) is 22.8. The van der Waals surface area contributed by atoms with Gasteiger partial charge in [-0.1, -0.05) is 66.3 Å². The molecule has 3 rings (SSSR count). The van der Waals surface area contributed by atoms with Crippen LogP contribution in [0.15, 0.2) is 52.9 Å². The highest BCUT2D eigenvalue weighted by Crippen LogP contribution is 2.23. The van der Waals surface area contributed by atoms with Gasteiger partial charge in [-0.15, -0.1) is 10.2 Å². The molecule has 3 aromatic rings. The summed E-state index contributed by atoms with van der Waals surface area (Å²) in [5.41, 5.74) is 2.81. The minimum Gasteiger partial charge on any atom is -0.494 e. The molecule has 0 fully saturated rings. The van der Waals surface area contributed by atoms with Gasteiger partial charge in [-0.3, -0.25) is 9.59 Å². The van der Waals surface area contributed by atoms with E-state index in [2.05, 4.69) is 27.8 Å². The Morgan fingerprint density at radius 1 is 1.06 bits per heavy atom. The first-order valence-electron chi connectivity index (χ1n) is 10.4.